The molecule has 0 spiro atoms. The number of carbonyl (C=O) groups excluding carboxylic acids is 2. The van der Waals surface area contributed by atoms with Gasteiger partial charge in [0.05, 0.1) is 13.1 Å². The number of ketones is 2. The predicted molar refractivity (Wildman–Crippen MR) is 66.7 cm³/mol. The first-order valence-electron chi connectivity index (χ1n) is 5.78. The van der Waals surface area contributed by atoms with Gasteiger partial charge >= 0.3 is 29.4 Å². The fourth-order valence-corrected chi connectivity index (χ4v) is 1.09. The van der Waals surface area contributed by atoms with Gasteiger partial charge in [0.15, 0.2) is 0 Å². The van der Waals surface area contributed by atoms with Crippen molar-refractivity contribution in [1.82, 2.24) is 0 Å². The molecule has 0 rings (SSSR count). The van der Waals surface area contributed by atoms with Crippen LogP contribution in [0.3, 0.4) is 0 Å². The van der Waals surface area contributed by atoms with E-state index in [1.165, 1.54) is 13.8 Å². The van der Waals surface area contributed by atoms with Crippen LogP contribution >= 0.6 is 0 Å². The van der Waals surface area contributed by atoms with E-state index in [9.17, 15) is 35.9 Å². The summed E-state index contributed by atoms with van der Waals surface area (Å²) >= 11 is 0. The van der Waals surface area contributed by atoms with E-state index in [1.54, 1.807) is 0 Å². The van der Waals surface area contributed by atoms with Crippen LogP contribution in [0.1, 0.15) is 13.8 Å². The molecule has 0 heterocycles. The summed E-state index contributed by atoms with van der Waals surface area (Å²) < 4.78 is 71.6. The molecule has 0 fully saturated rings. The third-order valence-corrected chi connectivity index (χ3v) is 2.06. The fourth-order valence-electron chi connectivity index (χ4n) is 1.09. The van der Waals surface area contributed by atoms with E-state index >= 15 is 0 Å². The zero-order valence-corrected chi connectivity index (χ0v) is 12.8. The third-order valence-electron chi connectivity index (χ3n) is 2.06. The Balaban J connectivity index is 0. The van der Waals surface area contributed by atoms with Crippen molar-refractivity contribution in [2.75, 3.05) is 13.1 Å². The Bertz CT molecular complexity index is 439. The van der Waals surface area contributed by atoms with E-state index in [-0.39, 0.29) is 41.6 Å². The molecule has 0 saturated heterocycles. The molecule has 1 radical (unpaired) electrons. The number of Topliss-reactive ketones (excluding diaryl/α,β-unsaturated/α-hetero) is 2. The zero-order valence-electron chi connectivity index (χ0n) is 11.8. The Labute approximate surface area is 138 Å². The van der Waals surface area contributed by atoms with E-state index in [0.29, 0.717) is 12.8 Å². The number of nitrogens with zero attached hydrogens (tertiary/aromatic N) is 2. The minimum absolute atomic E-state index is 0. The van der Waals surface area contributed by atoms with Gasteiger partial charge in [-0.1, -0.05) is 13.8 Å². The maximum absolute atomic E-state index is 11.9. The summed E-state index contributed by atoms with van der Waals surface area (Å²) in [5, 5.41) is 0. The molecule has 0 saturated carbocycles. The van der Waals surface area contributed by atoms with Gasteiger partial charge in [-0.25, -0.2) is 0 Å². The van der Waals surface area contributed by atoms with Gasteiger partial charge in [0.25, 0.3) is 0 Å². The SMILES string of the molecule is CC([CH-]C(=O)C(F)(F)F)=NCCN=C(C)[CH-]C(=O)C(F)(F)F.[Cu+2]. The van der Waals surface area contributed by atoms with Crippen molar-refractivity contribution in [3.05, 3.63) is 12.8 Å². The second kappa shape index (κ2) is 9.61. The Morgan fingerprint density at radius 2 is 1.04 bits per heavy atom. The van der Waals surface area contributed by atoms with Gasteiger partial charge in [-0.3, -0.25) is 12.8 Å². The fraction of sp³-hybridized carbons (Fsp3) is 0.500. The first kappa shape index (κ1) is 23.8. The third kappa shape index (κ3) is 10.8. The minimum Gasteiger partial charge on any atom is -0.324 e. The molecule has 0 aromatic rings. The first-order chi connectivity index (χ1) is 9.84. The van der Waals surface area contributed by atoms with E-state index in [2.05, 4.69) is 9.98 Å². The summed E-state index contributed by atoms with van der Waals surface area (Å²) in [5.41, 5.74) is -0.379. The largest absolute Gasteiger partial charge is 2.00 e. The second-order valence-electron chi connectivity index (χ2n) is 4.06. The Morgan fingerprint density at radius 1 is 0.783 bits per heavy atom. The van der Waals surface area contributed by atoms with Crippen molar-refractivity contribution in [3.63, 3.8) is 0 Å². The van der Waals surface area contributed by atoms with Gasteiger partial charge in [0.2, 0.25) is 0 Å². The zero-order chi connectivity index (χ0) is 17.6. The van der Waals surface area contributed by atoms with E-state index in [4.69, 9.17) is 0 Å². The molecule has 0 bridgehead atoms. The molecule has 135 valence electrons. The van der Waals surface area contributed by atoms with Gasteiger partial charge in [-0.15, -0.1) is 11.4 Å². The maximum atomic E-state index is 11.9. The van der Waals surface area contributed by atoms with Crippen LogP contribution in [0.2, 0.25) is 0 Å². The standard InChI is InChI=1S/C12H12F6N2O2.Cu/c1-7(5-9(21)11(13,14)15)19-3-4-20-8(2)6-10(22)12(16,17)18;/h5-6H,3-4H2,1-2H3;/q-2;+2. The molecule has 11 heteroatoms. The summed E-state index contributed by atoms with van der Waals surface area (Å²) in [4.78, 5) is 28.4. The molecule has 0 atom stereocenters. The molecule has 0 unspecified atom stereocenters. The number of hydrogen-bond donors (Lipinski definition) is 0. The Hall–Kier alpha value is -1.48. The molecule has 23 heavy (non-hydrogen) atoms. The number of rotatable bonds is 7. The Kier molecular flexibility index (Phi) is 9.94. The average molecular weight is 394 g/mol. The maximum Gasteiger partial charge on any atom is 2.00 e. The van der Waals surface area contributed by atoms with E-state index < -0.39 is 23.9 Å². The molecule has 0 aromatic heterocycles. The molecule has 0 aromatic carbocycles. The summed E-state index contributed by atoms with van der Waals surface area (Å²) in [7, 11) is 0. The summed E-state index contributed by atoms with van der Waals surface area (Å²) in [6, 6.07) is 0. The monoisotopic (exact) mass is 393 g/mol. The van der Waals surface area contributed by atoms with Gasteiger partial charge in [0.1, 0.15) is 11.6 Å². The van der Waals surface area contributed by atoms with Gasteiger partial charge < -0.3 is 19.6 Å². The van der Waals surface area contributed by atoms with Crippen molar-refractivity contribution < 1.29 is 53.0 Å². The number of alkyl halides is 6. The molecule has 4 nitrogen and oxygen atoms in total. The van der Waals surface area contributed by atoms with E-state index in [0.717, 1.165) is 0 Å². The molecule has 0 aliphatic rings. The topological polar surface area (TPSA) is 58.9 Å². The first-order valence-corrected chi connectivity index (χ1v) is 5.78. The predicted octanol–water partition coefficient (Wildman–Crippen LogP) is 2.58. The molecule has 0 N–H and O–H groups in total. The number of aliphatic imine (C=N–C) groups is 2. The summed E-state index contributed by atoms with van der Waals surface area (Å²) in [6.07, 6.45) is -9.37. The van der Waals surface area contributed by atoms with Gasteiger partial charge in [-0.2, -0.15) is 26.3 Å². The normalized spacial score (nSPS) is 13.2. The van der Waals surface area contributed by atoms with Crippen molar-refractivity contribution in [3.8, 4) is 0 Å². The molecule has 0 aliphatic heterocycles. The van der Waals surface area contributed by atoms with Crippen molar-refractivity contribution in [2.45, 2.75) is 26.2 Å². The number of hydrogen-bond acceptors (Lipinski definition) is 4. The van der Waals surface area contributed by atoms with Crippen LogP contribution in [0.25, 0.3) is 0 Å². The summed E-state index contributed by atoms with van der Waals surface area (Å²) in [6.45, 7) is 2.05. The van der Waals surface area contributed by atoms with Crippen molar-refractivity contribution >= 4 is 23.0 Å². The second-order valence-corrected chi connectivity index (χ2v) is 4.06. The average Bonchev–Trinajstić information content (AvgIpc) is 2.32. The quantitative estimate of drug-likeness (QED) is 0.219. The number of halogens is 6. The van der Waals surface area contributed by atoms with Gasteiger partial charge in [-0.05, 0) is 0 Å². The molecular weight excluding hydrogens is 382 g/mol. The smallest absolute Gasteiger partial charge is 0.324 e. The Morgan fingerprint density at radius 3 is 1.26 bits per heavy atom. The van der Waals surface area contributed by atoms with Crippen LogP contribution in [-0.2, 0) is 26.7 Å². The molecule has 0 aliphatic carbocycles. The van der Waals surface area contributed by atoms with Crippen LogP contribution in [0.5, 0.6) is 0 Å². The van der Waals surface area contributed by atoms with E-state index in [1.807, 2.05) is 0 Å². The number of carbonyl (C=O) groups is 2. The van der Waals surface area contributed by atoms with Crippen LogP contribution in [-0.4, -0.2) is 48.4 Å². The van der Waals surface area contributed by atoms with Crippen LogP contribution in [0, 0.1) is 12.8 Å². The molecular formula is C12H12CuF6N2O2. The van der Waals surface area contributed by atoms with Crippen molar-refractivity contribution in [1.29, 1.82) is 0 Å². The van der Waals surface area contributed by atoms with Crippen LogP contribution in [0.15, 0.2) is 9.98 Å². The van der Waals surface area contributed by atoms with Crippen molar-refractivity contribution in [2.24, 2.45) is 9.98 Å². The van der Waals surface area contributed by atoms with Gasteiger partial charge in [0, 0.05) is 0 Å². The summed E-state index contributed by atoms with van der Waals surface area (Å²) in [5.74, 6) is -4.12. The minimum atomic E-state index is -4.99. The van der Waals surface area contributed by atoms with Crippen LogP contribution < -0.4 is 0 Å². The molecule has 0 amide bonds. The van der Waals surface area contributed by atoms with Crippen LogP contribution in [0.4, 0.5) is 26.3 Å².